The predicted octanol–water partition coefficient (Wildman–Crippen LogP) is 1.94. The summed E-state index contributed by atoms with van der Waals surface area (Å²) in [7, 11) is 0. The molecule has 0 saturated heterocycles. The first-order valence-electron chi connectivity index (χ1n) is 8.02. The average Bonchev–Trinajstić information content (AvgIpc) is 2.61. The minimum absolute atomic E-state index is 0. The van der Waals surface area contributed by atoms with E-state index in [1.807, 2.05) is 54.6 Å². The second-order valence-corrected chi connectivity index (χ2v) is 6.13. The molecule has 2 unspecified atom stereocenters. The Hall–Kier alpha value is -2.37. The van der Waals surface area contributed by atoms with E-state index < -0.39 is 18.0 Å². The van der Waals surface area contributed by atoms with E-state index in [1.165, 1.54) is 0 Å². The lowest BCUT2D eigenvalue weighted by Crippen LogP contribution is -2.51. The van der Waals surface area contributed by atoms with Gasteiger partial charge in [0, 0.05) is 25.4 Å². The normalized spacial score (nSPS) is 17.2. The van der Waals surface area contributed by atoms with Crippen molar-refractivity contribution < 1.29 is 9.59 Å². The van der Waals surface area contributed by atoms with Crippen molar-refractivity contribution >= 4 is 24.2 Å². The van der Waals surface area contributed by atoms with Gasteiger partial charge in [0.25, 0.3) is 0 Å². The number of halogens is 1. The van der Waals surface area contributed by atoms with E-state index in [0.717, 1.165) is 16.7 Å². The Labute approximate surface area is 153 Å². The summed E-state index contributed by atoms with van der Waals surface area (Å²) in [5, 5.41) is 0. The second-order valence-electron chi connectivity index (χ2n) is 6.13. The van der Waals surface area contributed by atoms with Crippen LogP contribution in [0.1, 0.15) is 29.2 Å². The van der Waals surface area contributed by atoms with Gasteiger partial charge in [-0.05, 0) is 16.7 Å². The van der Waals surface area contributed by atoms with Gasteiger partial charge in [-0.1, -0.05) is 54.6 Å². The largest absolute Gasteiger partial charge is 0.368 e. The van der Waals surface area contributed by atoms with Crippen LogP contribution in [0.2, 0.25) is 0 Å². The summed E-state index contributed by atoms with van der Waals surface area (Å²) in [4.78, 5) is 26.1. The number of nitrogens with zero attached hydrogens (tertiary/aromatic N) is 1. The van der Waals surface area contributed by atoms with E-state index >= 15 is 0 Å². The van der Waals surface area contributed by atoms with E-state index in [1.54, 1.807) is 4.90 Å². The molecule has 2 amide bonds. The van der Waals surface area contributed by atoms with Gasteiger partial charge < -0.3 is 16.4 Å². The molecule has 132 valence electrons. The van der Waals surface area contributed by atoms with Gasteiger partial charge >= 0.3 is 0 Å². The van der Waals surface area contributed by atoms with Crippen LogP contribution in [0.15, 0.2) is 54.6 Å². The molecule has 1 aliphatic heterocycles. The van der Waals surface area contributed by atoms with Crippen LogP contribution in [0.3, 0.4) is 0 Å². The molecule has 3 rings (SSSR count). The lowest BCUT2D eigenvalue weighted by Gasteiger charge is -2.35. The van der Waals surface area contributed by atoms with Gasteiger partial charge in [0.15, 0.2) is 0 Å². The number of rotatable bonds is 4. The summed E-state index contributed by atoms with van der Waals surface area (Å²) in [5.74, 6) is -0.629. The predicted molar refractivity (Wildman–Crippen MR) is 98.9 cm³/mol. The Morgan fingerprint density at radius 1 is 1.04 bits per heavy atom. The van der Waals surface area contributed by atoms with Crippen LogP contribution in [0, 0.1) is 0 Å². The lowest BCUT2D eigenvalue weighted by molar-refractivity contribution is -0.141. The van der Waals surface area contributed by atoms with Gasteiger partial charge in [0.05, 0.1) is 0 Å². The molecule has 2 atom stereocenters. The number of hydrogen-bond acceptors (Lipinski definition) is 3. The zero-order chi connectivity index (χ0) is 17.1. The zero-order valence-electron chi connectivity index (χ0n) is 13.8. The number of nitrogens with two attached hydrogens (primary N) is 2. The zero-order valence-corrected chi connectivity index (χ0v) is 14.6. The van der Waals surface area contributed by atoms with Crippen LogP contribution in [0.4, 0.5) is 0 Å². The fourth-order valence-electron chi connectivity index (χ4n) is 3.16. The number of primary amides is 1. The highest BCUT2D eigenvalue weighted by atomic mass is 35.5. The molecule has 0 spiro atoms. The molecule has 0 saturated carbocycles. The van der Waals surface area contributed by atoms with E-state index in [4.69, 9.17) is 11.5 Å². The number of fused-ring (bicyclic) bond motifs is 1. The van der Waals surface area contributed by atoms with Crippen molar-refractivity contribution in [1.82, 2.24) is 4.90 Å². The monoisotopic (exact) mass is 359 g/mol. The SMILES string of the molecule is Cl.NC(=O)C1Cc2ccccc2CN1C(=O)CC(N)c1ccccc1. The standard InChI is InChI=1S/C19H21N3O2.ClH/c20-16(13-6-2-1-3-7-13)11-18(23)22-12-15-9-5-4-8-14(15)10-17(22)19(21)24;/h1-9,16-17H,10-12,20H2,(H2,21,24);1H. The molecule has 1 heterocycles. The van der Waals surface area contributed by atoms with Crippen LogP contribution in [-0.4, -0.2) is 22.8 Å². The number of carbonyl (C=O) groups is 2. The quantitative estimate of drug-likeness (QED) is 0.874. The van der Waals surface area contributed by atoms with Gasteiger partial charge in [-0.25, -0.2) is 0 Å². The summed E-state index contributed by atoms with van der Waals surface area (Å²) in [6, 6.07) is 16.3. The minimum atomic E-state index is -0.615. The maximum atomic E-state index is 12.7. The van der Waals surface area contributed by atoms with Gasteiger partial charge in [0.1, 0.15) is 6.04 Å². The maximum Gasteiger partial charge on any atom is 0.240 e. The fraction of sp³-hybridized carbons (Fsp3) is 0.263. The lowest BCUT2D eigenvalue weighted by atomic mass is 9.92. The van der Waals surface area contributed by atoms with Crippen LogP contribution < -0.4 is 11.5 Å². The van der Waals surface area contributed by atoms with Crippen molar-refractivity contribution in [3.05, 3.63) is 71.3 Å². The van der Waals surface area contributed by atoms with Crippen molar-refractivity contribution in [2.24, 2.45) is 11.5 Å². The van der Waals surface area contributed by atoms with Crippen molar-refractivity contribution in [2.45, 2.75) is 31.5 Å². The summed E-state index contributed by atoms with van der Waals surface area (Å²) in [5.41, 5.74) is 14.7. The van der Waals surface area contributed by atoms with Gasteiger partial charge in [-0.3, -0.25) is 9.59 Å². The molecule has 0 aromatic heterocycles. The Morgan fingerprint density at radius 3 is 2.28 bits per heavy atom. The molecule has 1 aliphatic rings. The Bertz CT molecular complexity index is 751. The average molecular weight is 360 g/mol. The molecule has 0 fully saturated rings. The third-order valence-electron chi connectivity index (χ3n) is 4.52. The Morgan fingerprint density at radius 2 is 1.64 bits per heavy atom. The van der Waals surface area contributed by atoms with Crippen LogP contribution in [0.25, 0.3) is 0 Å². The fourth-order valence-corrected chi connectivity index (χ4v) is 3.16. The highest BCUT2D eigenvalue weighted by Crippen LogP contribution is 2.25. The summed E-state index contributed by atoms with van der Waals surface area (Å²) >= 11 is 0. The number of benzene rings is 2. The topological polar surface area (TPSA) is 89.4 Å². The first kappa shape index (κ1) is 19.0. The van der Waals surface area contributed by atoms with Crippen molar-refractivity contribution in [1.29, 1.82) is 0 Å². The van der Waals surface area contributed by atoms with E-state index in [0.29, 0.717) is 13.0 Å². The Balaban J connectivity index is 0.00000225. The van der Waals surface area contributed by atoms with E-state index in [9.17, 15) is 9.59 Å². The van der Waals surface area contributed by atoms with Gasteiger partial charge in [0.2, 0.25) is 11.8 Å². The molecular formula is C19H22ClN3O2. The first-order valence-corrected chi connectivity index (χ1v) is 8.02. The van der Waals surface area contributed by atoms with Crippen molar-refractivity contribution in [2.75, 3.05) is 0 Å². The molecule has 2 aromatic rings. The van der Waals surface area contributed by atoms with E-state index in [-0.39, 0.29) is 24.7 Å². The van der Waals surface area contributed by atoms with Gasteiger partial charge in [-0.15, -0.1) is 12.4 Å². The molecule has 25 heavy (non-hydrogen) atoms. The third-order valence-corrected chi connectivity index (χ3v) is 4.52. The van der Waals surface area contributed by atoms with E-state index in [2.05, 4.69) is 0 Å². The first-order chi connectivity index (χ1) is 11.6. The highest BCUT2D eigenvalue weighted by Gasteiger charge is 2.33. The third kappa shape index (κ3) is 4.18. The van der Waals surface area contributed by atoms with Crippen LogP contribution in [0.5, 0.6) is 0 Å². The van der Waals surface area contributed by atoms with Crippen LogP contribution in [-0.2, 0) is 22.6 Å². The molecule has 0 bridgehead atoms. The van der Waals surface area contributed by atoms with Crippen molar-refractivity contribution in [3.63, 3.8) is 0 Å². The summed E-state index contributed by atoms with van der Waals surface area (Å²) < 4.78 is 0. The molecule has 5 nitrogen and oxygen atoms in total. The second kappa shape index (κ2) is 8.14. The maximum absolute atomic E-state index is 12.7. The number of hydrogen-bond donors (Lipinski definition) is 2. The smallest absolute Gasteiger partial charge is 0.240 e. The molecule has 0 aliphatic carbocycles. The molecule has 2 aromatic carbocycles. The minimum Gasteiger partial charge on any atom is -0.368 e. The van der Waals surface area contributed by atoms with Gasteiger partial charge in [-0.2, -0.15) is 0 Å². The summed E-state index contributed by atoms with van der Waals surface area (Å²) in [6.45, 7) is 0.393. The Kier molecular flexibility index (Phi) is 6.17. The molecule has 4 N–H and O–H groups in total. The summed E-state index contributed by atoms with van der Waals surface area (Å²) in [6.07, 6.45) is 0.605. The molecular weight excluding hydrogens is 338 g/mol. The number of amides is 2. The van der Waals surface area contributed by atoms with Crippen LogP contribution >= 0.6 is 12.4 Å². The number of carbonyl (C=O) groups excluding carboxylic acids is 2. The van der Waals surface area contributed by atoms with Crippen molar-refractivity contribution in [3.8, 4) is 0 Å². The highest BCUT2D eigenvalue weighted by molar-refractivity contribution is 5.87. The molecule has 6 heteroatoms. The molecule has 0 radical (unpaired) electrons.